The molecule has 0 N–H and O–H groups in total. The van der Waals surface area contributed by atoms with Crippen LogP contribution >= 0.6 is 0 Å². The van der Waals surface area contributed by atoms with Crippen molar-refractivity contribution < 1.29 is 4.42 Å². The third-order valence-electron chi connectivity index (χ3n) is 8.67. The first kappa shape index (κ1) is 25.8. The van der Waals surface area contributed by atoms with Gasteiger partial charge in [0.25, 0.3) is 0 Å². The number of benzene rings is 4. The van der Waals surface area contributed by atoms with Crippen LogP contribution in [0.25, 0.3) is 40.3 Å². The molecule has 0 bridgehead atoms. The molecule has 0 amide bonds. The molecule has 204 valence electrons. The van der Waals surface area contributed by atoms with Gasteiger partial charge >= 0.3 is 0 Å². The van der Waals surface area contributed by atoms with Gasteiger partial charge in [0.2, 0.25) is 0 Å². The number of pyridine rings is 1. The number of fused-ring (bicyclic) bond motifs is 2. The van der Waals surface area contributed by atoms with E-state index in [0.29, 0.717) is 5.42 Å². The highest BCUT2D eigenvalue weighted by molar-refractivity contribution is 6.02. The monoisotopic (exact) mass is 544 g/mol. The Morgan fingerprint density at radius 3 is 2.10 bits per heavy atom. The number of hydrogen-bond acceptors (Lipinski definition) is 3. The number of nitrogens with zero attached hydrogens (tertiary/aromatic N) is 2. The highest BCUT2D eigenvalue weighted by Gasteiger charge is 2.38. The lowest BCUT2D eigenvalue weighted by Gasteiger charge is -2.28. The smallest absolute Gasteiger partial charge is 0.145 e. The zero-order valence-corrected chi connectivity index (χ0v) is 24.1. The lowest BCUT2D eigenvalue weighted by atomic mass is 9.82. The lowest BCUT2D eigenvalue weighted by molar-refractivity contribution is 0.577. The Labute approximate surface area is 246 Å². The van der Waals surface area contributed by atoms with E-state index < -0.39 is 0 Å². The van der Waals surface area contributed by atoms with Crippen LogP contribution in [0.3, 0.4) is 0 Å². The summed E-state index contributed by atoms with van der Waals surface area (Å²) in [6, 6.07) is 40.0. The quantitative estimate of drug-likeness (QED) is 0.217. The summed E-state index contributed by atoms with van der Waals surface area (Å²) in [4.78, 5) is 7.35. The van der Waals surface area contributed by atoms with E-state index in [1.54, 1.807) is 0 Å². The average molecular weight is 545 g/mol. The normalized spacial score (nSPS) is 14.4. The van der Waals surface area contributed by atoms with Crippen molar-refractivity contribution >= 4 is 46.4 Å². The molecule has 1 aliphatic carbocycles. The van der Waals surface area contributed by atoms with Crippen LogP contribution in [0, 0.1) is 0 Å². The third-order valence-corrected chi connectivity index (χ3v) is 8.67. The first-order valence-electron chi connectivity index (χ1n) is 14.3. The van der Waals surface area contributed by atoms with Crippen molar-refractivity contribution in [3.05, 3.63) is 149 Å². The standard InChI is InChI=1S/C39H32N2O/c1-26-33(25-34-27(2)42-36-18-12-11-17-32(34)36)37-35(39(26,3)4)23-24-40-38(37)41(30-15-9-6-10-16-30)31-21-19-29(20-22-31)28-13-7-5-8-14-28/h5-25H,2H2,1,3-4H3/b34-25+. The van der Waals surface area contributed by atoms with Crippen LogP contribution in [0.1, 0.15) is 31.9 Å². The summed E-state index contributed by atoms with van der Waals surface area (Å²) in [5.74, 6) is 0.903. The van der Waals surface area contributed by atoms with E-state index >= 15 is 0 Å². The second-order valence-corrected chi connectivity index (χ2v) is 11.4. The molecule has 0 unspecified atom stereocenters. The van der Waals surface area contributed by atoms with Gasteiger partial charge in [0.15, 0.2) is 0 Å². The summed E-state index contributed by atoms with van der Waals surface area (Å²) in [5.41, 5.74) is 10.7. The van der Waals surface area contributed by atoms with E-state index in [4.69, 9.17) is 9.40 Å². The number of para-hydroxylation sites is 2. The summed E-state index contributed by atoms with van der Waals surface area (Å²) in [6.45, 7) is 11.1. The SMILES string of the molecule is C=c1oc2ccccc2/c1=C/C1=C(C)C(C)(C)c2ccnc(N(c3ccccc3)c3ccc(-c4ccccc4)cc3)c21. The Balaban J connectivity index is 1.46. The number of anilines is 3. The van der Waals surface area contributed by atoms with E-state index in [0.717, 1.165) is 44.5 Å². The molecule has 3 nitrogen and oxygen atoms in total. The molecule has 1 aliphatic rings. The van der Waals surface area contributed by atoms with Gasteiger partial charge in [0.05, 0.1) is 0 Å². The maximum Gasteiger partial charge on any atom is 0.145 e. The summed E-state index contributed by atoms with van der Waals surface area (Å²) >= 11 is 0. The molecular weight excluding hydrogens is 512 g/mol. The first-order chi connectivity index (χ1) is 20.4. The number of furan rings is 1. The summed E-state index contributed by atoms with van der Waals surface area (Å²) in [6.07, 6.45) is 4.20. The maximum absolute atomic E-state index is 6.06. The van der Waals surface area contributed by atoms with Crippen LogP contribution in [0.5, 0.6) is 0 Å². The van der Waals surface area contributed by atoms with Gasteiger partial charge in [-0.3, -0.25) is 4.90 Å². The molecule has 2 aromatic heterocycles. The lowest BCUT2D eigenvalue weighted by Crippen LogP contribution is -2.19. The molecule has 0 fully saturated rings. The molecule has 0 atom stereocenters. The van der Waals surface area contributed by atoms with Crippen LogP contribution < -0.4 is 15.5 Å². The fourth-order valence-electron chi connectivity index (χ4n) is 6.14. The minimum absolute atomic E-state index is 0.167. The van der Waals surface area contributed by atoms with Crippen molar-refractivity contribution in [2.75, 3.05) is 4.90 Å². The minimum atomic E-state index is -0.167. The predicted octanol–water partition coefficient (Wildman–Crippen LogP) is 8.92. The van der Waals surface area contributed by atoms with Crippen LogP contribution in [-0.4, -0.2) is 4.98 Å². The molecule has 0 saturated heterocycles. The predicted molar refractivity (Wildman–Crippen MR) is 175 cm³/mol. The molecule has 3 heteroatoms. The van der Waals surface area contributed by atoms with Crippen LogP contribution in [0.2, 0.25) is 0 Å². The van der Waals surface area contributed by atoms with E-state index in [9.17, 15) is 0 Å². The van der Waals surface area contributed by atoms with Gasteiger partial charge in [-0.15, -0.1) is 0 Å². The van der Waals surface area contributed by atoms with E-state index in [1.807, 2.05) is 30.5 Å². The largest absolute Gasteiger partial charge is 0.457 e. The zero-order valence-electron chi connectivity index (χ0n) is 24.1. The number of rotatable bonds is 5. The fraction of sp³-hybridized carbons (Fsp3) is 0.103. The van der Waals surface area contributed by atoms with Crippen LogP contribution in [-0.2, 0) is 5.41 Å². The van der Waals surface area contributed by atoms with E-state index in [2.05, 4.69) is 129 Å². The number of aromatic nitrogens is 1. The number of hydrogen-bond donors (Lipinski definition) is 0. The second kappa shape index (κ2) is 10.0. The van der Waals surface area contributed by atoms with Crippen molar-refractivity contribution in [3.63, 3.8) is 0 Å². The van der Waals surface area contributed by atoms with Gasteiger partial charge in [-0.25, -0.2) is 4.98 Å². The van der Waals surface area contributed by atoms with E-state index in [-0.39, 0.29) is 5.41 Å². The molecule has 0 spiro atoms. The Hall–Kier alpha value is -5.15. The maximum atomic E-state index is 6.06. The molecule has 0 saturated carbocycles. The van der Waals surface area contributed by atoms with Crippen molar-refractivity contribution in [1.29, 1.82) is 0 Å². The zero-order chi connectivity index (χ0) is 28.8. The van der Waals surface area contributed by atoms with Crippen molar-refractivity contribution in [3.8, 4) is 11.1 Å². The molecule has 42 heavy (non-hydrogen) atoms. The van der Waals surface area contributed by atoms with Crippen LogP contribution in [0.15, 0.2) is 131 Å². The molecule has 6 aromatic rings. The Bertz CT molecular complexity index is 2070. The second-order valence-electron chi connectivity index (χ2n) is 11.4. The molecule has 2 heterocycles. The van der Waals surface area contributed by atoms with Gasteiger partial charge in [-0.2, -0.15) is 0 Å². The summed E-state index contributed by atoms with van der Waals surface area (Å²) < 4.78 is 6.06. The first-order valence-corrected chi connectivity index (χ1v) is 14.3. The van der Waals surface area contributed by atoms with Gasteiger partial charge in [-0.05, 0) is 71.7 Å². The van der Waals surface area contributed by atoms with E-state index in [1.165, 1.54) is 22.3 Å². The summed E-state index contributed by atoms with van der Waals surface area (Å²) in [5, 5.41) is 2.08. The molecule has 7 rings (SSSR count). The van der Waals surface area contributed by atoms with Crippen molar-refractivity contribution in [1.82, 2.24) is 4.98 Å². The summed E-state index contributed by atoms with van der Waals surface area (Å²) in [7, 11) is 0. The van der Waals surface area contributed by atoms with Crippen LogP contribution in [0.4, 0.5) is 17.2 Å². The Kier molecular flexibility index (Phi) is 6.17. The minimum Gasteiger partial charge on any atom is -0.457 e. The highest BCUT2D eigenvalue weighted by atomic mass is 16.3. The van der Waals surface area contributed by atoms with Gasteiger partial charge in [0, 0.05) is 39.2 Å². The van der Waals surface area contributed by atoms with Crippen molar-refractivity contribution in [2.45, 2.75) is 26.2 Å². The molecule has 0 aliphatic heterocycles. The molecule has 0 radical (unpaired) electrons. The van der Waals surface area contributed by atoms with Crippen molar-refractivity contribution in [2.24, 2.45) is 0 Å². The van der Waals surface area contributed by atoms with Gasteiger partial charge in [0.1, 0.15) is 16.8 Å². The number of allylic oxidation sites excluding steroid dienone is 2. The average Bonchev–Trinajstić information content (AvgIpc) is 3.44. The Morgan fingerprint density at radius 2 is 1.36 bits per heavy atom. The van der Waals surface area contributed by atoms with Gasteiger partial charge in [-0.1, -0.05) is 105 Å². The Morgan fingerprint density at radius 1 is 0.738 bits per heavy atom. The third kappa shape index (κ3) is 4.17. The molecule has 4 aromatic carbocycles. The molecular formula is C39H32N2O. The van der Waals surface area contributed by atoms with Gasteiger partial charge < -0.3 is 4.42 Å². The highest BCUT2D eigenvalue weighted by Crippen LogP contribution is 2.51. The topological polar surface area (TPSA) is 29.3 Å². The fourth-order valence-corrected chi connectivity index (χ4v) is 6.14.